The van der Waals surface area contributed by atoms with Gasteiger partial charge < -0.3 is 10.6 Å². The normalized spacial score (nSPS) is 9.64. The van der Waals surface area contributed by atoms with Gasteiger partial charge in [0.2, 0.25) is 5.91 Å². The van der Waals surface area contributed by atoms with Crippen molar-refractivity contribution in [3.63, 3.8) is 0 Å². The average Bonchev–Trinajstić information content (AvgIpc) is 2.20. The zero-order valence-corrected chi connectivity index (χ0v) is 8.98. The van der Waals surface area contributed by atoms with Crippen LogP contribution in [0, 0.1) is 6.92 Å². The third-order valence-corrected chi connectivity index (χ3v) is 2.41. The number of amides is 1. The van der Waals surface area contributed by atoms with Crippen LogP contribution in [0.4, 0.5) is 5.69 Å². The summed E-state index contributed by atoms with van der Waals surface area (Å²) in [7, 11) is 1.60. The topological polar surface area (TPSA) is 41.1 Å². The molecule has 0 fully saturated rings. The molecule has 1 amide bonds. The third-order valence-electron chi connectivity index (χ3n) is 1.91. The van der Waals surface area contributed by atoms with E-state index < -0.39 is 0 Å². The van der Waals surface area contributed by atoms with Crippen molar-refractivity contribution in [3.8, 4) is 0 Å². The Bertz CT molecular complexity index is 339. The van der Waals surface area contributed by atoms with Gasteiger partial charge in [-0.05, 0) is 18.6 Å². The van der Waals surface area contributed by atoms with Crippen LogP contribution >= 0.6 is 11.6 Å². The first-order valence-corrected chi connectivity index (χ1v) is 4.72. The van der Waals surface area contributed by atoms with E-state index in [4.69, 9.17) is 11.6 Å². The molecule has 0 aliphatic carbocycles. The number of hydrogen-bond acceptors (Lipinski definition) is 2. The van der Waals surface area contributed by atoms with E-state index in [0.717, 1.165) is 11.3 Å². The second-order valence-corrected chi connectivity index (χ2v) is 3.34. The van der Waals surface area contributed by atoms with Crippen molar-refractivity contribution in [2.24, 2.45) is 0 Å². The number of rotatable bonds is 3. The lowest BCUT2D eigenvalue weighted by atomic mass is 10.2. The molecule has 1 aromatic carbocycles. The molecule has 0 aromatic heterocycles. The Morgan fingerprint density at radius 2 is 2.21 bits per heavy atom. The highest BCUT2D eigenvalue weighted by Crippen LogP contribution is 2.24. The fourth-order valence-electron chi connectivity index (χ4n) is 1.05. The molecule has 4 heteroatoms. The van der Waals surface area contributed by atoms with E-state index in [1.165, 1.54) is 0 Å². The van der Waals surface area contributed by atoms with Gasteiger partial charge in [0.15, 0.2) is 0 Å². The van der Waals surface area contributed by atoms with Gasteiger partial charge in [-0.3, -0.25) is 4.79 Å². The molecular formula is C10H13ClN2O. The summed E-state index contributed by atoms with van der Waals surface area (Å²) in [6.07, 6.45) is 0. The smallest absolute Gasteiger partial charge is 0.239 e. The summed E-state index contributed by atoms with van der Waals surface area (Å²) in [5.74, 6) is -0.0671. The predicted octanol–water partition coefficient (Wildman–Crippen LogP) is 1.81. The number of halogens is 1. The first kappa shape index (κ1) is 10.9. The summed E-state index contributed by atoms with van der Waals surface area (Å²) >= 11 is 6.03. The van der Waals surface area contributed by atoms with Crippen LogP contribution in [0.15, 0.2) is 18.2 Å². The molecule has 0 atom stereocenters. The molecule has 1 rings (SSSR count). The van der Waals surface area contributed by atoms with Crippen molar-refractivity contribution < 1.29 is 4.79 Å². The summed E-state index contributed by atoms with van der Waals surface area (Å²) in [6.45, 7) is 2.16. The Kier molecular flexibility index (Phi) is 3.77. The van der Waals surface area contributed by atoms with Crippen LogP contribution in [-0.2, 0) is 4.79 Å². The van der Waals surface area contributed by atoms with Crippen molar-refractivity contribution in [2.45, 2.75) is 6.92 Å². The molecule has 0 saturated carbocycles. The van der Waals surface area contributed by atoms with Gasteiger partial charge in [0.25, 0.3) is 0 Å². The van der Waals surface area contributed by atoms with Crippen molar-refractivity contribution in [2.75, 3.05) is 18.9 Å². The van der Waals surface area contributed by atoms with Crippen LogP contribution < -0.4 is 10.6 Å². The second kappa shape index (κ2) is 4.86. The molecule has 3 nitrogen and oxygen atoms in total. The van der Waals surface area contributed by atoms with E-state index in [2.05, 4.69) is 10.6 Å². The van der Waals surface area contributed by atoms with Crippen LogP contribution in [0.3, 0.4) is 0 Å². The standard InChI is InChI=1S/C10H13ClN2O/c1-7-4-3-5-8(10(7)11)13-6-9(14)12-2/h3-5,13H,6H2,1-2H3,(H,12,14). The van der Waals surface area contributed by atoms with Gasteiger partial charge >= 0.3 is 0 Å². The minimum atomic E-state index is -0.0671. The fraction of sp³-hybridized carbons (Fsp3) is 0.300. The summed E-state index contributed by atoms with van der Waals surface area (Å²) < 4.78 is 0. The van der Waals surface area contributed by atoms with Crippen LogP contribution in [0.1, 0.15) is 5.56 Å². The number of carbonyl (C=O) groups is 1. The van der Waals surface area contributed by atoms with Crippen LogP contribution in [0.25, 0.3) is 0 Å². The fourth-order valence-corrected chi connectivity index (χ4v) is 1.24. The maximum absolute atomic E-state index is 11.0. The Balaban J connectivity index is 2.68. The van der Waals surface area contributed by atoms with E-state index >= 15 is 0 Å². The number of nitrogens with one attached hydrogen (secondary N) is 2. The number of benzene rings is 1. The summed E-state index contributed by atoms with van der Waals surface area (Å²) in [5.41, 5.74) is 1.78. The Labute approximate surface area is 88.5 Å². The number of aryl methyl sites for hydroxylation is 1. The zero-order chi connectivity index (χ0) is 10.6. The Morgan fingerprint density at radius 3 is 2.86 bits per heavy atom. The van der Waals surface area contributed by atoms with E-state index in [1.807, 2.05) is 25.1 Å². The van der Waals surface area contributed by atoms with Gasteiger partial charge in [-0.2, -0.15) is 0 Å². The molecule has 76 valence electrons. The molecule has 0 saturated heterocycles. The molecule has 0 unspecified atom stereocenters. The zero-order valence-electron chi connectivity index (χ0n) is 8.23. The van der Waals surface area contributed by atoms with Gasteiger partial charge in [-0.15, -0.1) is 0 Å². The monoisotopic (exact) mass is 212 g/mol. The van der Waals surface area contributed by atoms with Gasteiger partial charge in [0.1, 0.15) is 0 Å². The third kappa shape index (κ3) is 2.64. The van der Waals surface area contributed by atoms with Gasteiger partial charge in [0, 0.05) is 7.05 Å². The highest BCUT2D eigenvalue weighted by molar-refractivity contribution is 6.34. The van der Waals surface area contributed by atoms with Crippen molar-refractivity contribution in [3.05, 3.63) is 28.8 Å². The summed E-state index contributed by atoms with van der Waals surface area (Å²) in [6, 6.07) is 5.67. The summed E-state index contributed by atoms with van der Waals surface area (Å²) in [5, 5.41) is 6.15. The SMILES string of the molecule is CNC(=O)CNc1cccc(C)c1Cl. The summed E-state index contributed by atoms with van der Waals surface area (Å²) in [4.78, 5) is 11.0. The van der Waals surface area contributed by atoms with Crippen molar-refractivity contribution in [1.82, 2.24) is 5.32 Å². The molecule has 1 aromatic rings. The first-order chi connectivity index (χ1) is 6.65. The van der Waals surface area contributed by atoms with E-state index in [1.54, 1.807) is 7.05 Å². The van der Waals surface area contributed by atoms with Crippen LogP contribution in [-0.4, -0.2) is 19.5 Å². The maximum atomic E-state index is 11.0. The lowest BCUT2D eigenvalue weighted by Crippen LogP contribution is -2.26. The average molecular weight is 213 g/mol. The van der Waals surface area contributed by atoms with Gasteiger partial charge in [-0.1, -0.05) is 23.7 Å². The van der Waals surface area contributed by atoms with E-state index in [9.17, 15) is 4.79 Å². The second-order valence-electron chi connectivity index (χ2n) is 2.96. The highest BCUT2D eigenvalue weighted by Gasteiger charge is 2.03. The lowest BCUT2D eigenvalue weighted by molar-refractivity contribution is -0.118. The minimum Gasteiger partial charge on any atom is -0.375 e. The van der Waals surface area contributed by atoms with E-state index in [-0.39, 0.29) is 12.5 Å². The molecule has 0 aliphatic rings. The quantitative estimate of drug-likeness (QED) is 0.803. The van der Waals surface area contributed by atoms with Gasteiger partial charge in [-0.25, -0.2) is 0 Å². The predicted molar refractivity (Wildman–Crippen MR) is 58.7 cm³/mol. The number of anilines is 1. The number of carbonyl (C=O) groups excluding carboxylic acids is 1. The molecule has 0 bridgehead atoms. The van der Waals surface area contributed by atoms with Crippen LogP contribution in [0.5, 0.6) is 0 Å². The first-order valence-electron chi connectivity index (χ1n) is 4.34. The van der Waals surface area contributed by atoms with Gasteiger partial charge in [0.05, 0.1) is 17.3 Å². The molecule has 14 heavy (non-hydrogen) atoms. The maximum Gasteiger partial charge on any atom is 0.239 e. The molecule has 0 aliphatic heterocycles. The Morgan fingerprint density at radius 1 is 1.50 bits per heavy atom. The lowest BCUT2D eigenvalue weighted by Gasteiger charge is -2.08. The molecular weight excluding hydrogens is 200 g/mol. The minimum absolute atomic E-state index is 0.0671. The van der Waals surface area contributed by atoms with E-state index in [0.29, 0.717) is 5.02 Å². The highest BCUT2D eigenvalue weighted by atomic mass is 35.5. The largest absolute Gasteiger partial charge is 0.375 e. The molecule has 0 spiro atoms. The number of likely N-dealkylation sites (N-methyl/N-ethyl adjacent to an activating group) is 1. The number of hydrogen-bond donors (Lipinski definition) is 2. The van der Waals surface area contributed by atoms with Crippen molar-refractivity contribution in [1.29, 1.82) is 0 Å². The molecule has 0 radical (unpaired) electrons. The van der Waals surface area contributed by atoms with Crippen molar-refractivity contribution >= 4 is 23.2 Å². The molecule has 2 N–H and O–H groups in total. The Hall–Kier alpha value is -1.22. The molecule has 0 heterocycles. The van der Waals surface area contributed by atoms with Crippen LogP contribution in [0.2, 0.25) is 5.02 Å².